The van der Waals surface area contributed by atoms with Crippen molar-refractivity contribution in [1.29, 1.82) is 0 Å². The van der Waals surface area contributed by atoms with E-state index in [2.05, 4.69) is 39.2 Å². The lowest BCUT2D eigenvalue weighted by atomic mass is 10.0. The summed E-state index contributed by atoms with van der Waals surface area (Å²) >= 11 is 3.60. The molecule has 1 aromatic carbocycles. The molecule has 0 amide bonds. The van der Waals surface area contributed by atoms with Gasteiger partial charge in [-0.15, -0.1) is 0 Å². The first-order valence-corrected chi connectivity index (χ1v) is 7.99. The van der Waals surface area contributed by atoms with E-state index in [0.29, 0.717) is 6.61 Å². The smallest absolute Gasteiger partial charge is 0.144 e. The number of fused-ring (bicyclic) bond motifs is 1. The Morgan fingerprint density at radius 3 is 2.90 bits per heavy atom. The average Bonchev–Trinajstić information content (AvgIpc) is 2.93. The molecule has 0 aliphatic carbocycles. The number of aryl methyl sites for hydroxylation is 1. The molecule has 1 aliphatic rings. The topological polar surface area (TPSA) is 47.0 Å². The van der Waals surface area contributed by atoms with E-state index in [1.807, 2.05) is 25.2 Å². The van der Waals surface area contributed by atoms with Gasteiger partial charge in [0.25, 0.3) is 0 Å². The van der Waals surface area contributed by atoms with Gasteiger partial charge in [0.05, 0.1) is 16.1 Å². The fourth-order valence-electron chi connectivity index (χ4n) is 2.61. The molecule has 1 atom stereocenters. The van der Waals surface area contributed by atoms with Crippen molar-refractivity contribution >= 4 is 21.7 Å². The second kappa shape index (κ2) is 6.02. The summed E-state index contributed by atoms with van der Waals surface area (Å²) in [5, 5.41) is 3.14. The molecule has 2 aromatic rings. The Kier molecular flexibility index (Phi) is 4.10. The predicted molar refractivity (Wildman–Crippen MR) is 87.1 cm³/mol. The molecule has 21 heavy (non-hydrogen) atoms. The molecular weight excluding hydrogens is 330 g/mol. The lowest BCUT2D eigenvalue weighted by Crippen LogP contribution is -2.12. The van der Waals surface area contributed by atoms with Crippen molar-refractivity contribution in [3.05, 3.63) is 45.8 Å². The fraction of sp³-hybridized carbons (Fsp3) is 0.375. The molecule has 0 spiro atoms. The lowest BCUT2D eigenvalue weighted by Gasteiger charge is -2.14. The summed E-state index contributed by atoms with van der Waals surface area (Å²) in [4.78, 5) is 9.44. The van der Waals surface area contributed by atoms with Crippen molar-refractivity contribution < 1.29 is 4.74 Å². The van der Waals surface area contributed by atoms with Gasteiger partial charge in [-0.2, -0.15) is 0 Å². The zero-order valence-electron chi connectivity index (χ0n) is 12.2. The summed E-state index contributed by atoms with van der Waals surface area (Å²) in [6.45, 7) is 2.76. The van der Waals surface area contributed by atoms with Crippen LogP contribution in [0.15, 0.2) is 28.7 Å². The van der Waals surface area contributed by atoms with Crippen LogP contribution in [0.3, 0.4) is 0 Å². The van der Waals surface area contributed by atoms with Crippen LogP contribution in [0.4, 0.5) is 5.82 Å². The van der Waals surface area contributed by atoms with E-state index in [4.69, 9.17) is 9.72 Å². The number of para-hydroxylation sites is 1. The molecule has 2 heterocycles. The van der Waals surface area contributed by atoms with Crippen LogP contribution in [0, 0.1) is 0 Å². The van der Waals surface area contributed by atoms with Crippen LogP contribution in [0.5, 0.6) is 5.75 Å². The van der Waals surface area contributed by atoms with Gasteiger partial charge in [0.1, 0.15) is 24.0 Å². The number of anilines is 1. The van der Waals surface area contributed by atoms with Crippen molar-refractivity contribution in [3.63, 3.8) is 0 Å². The van der Waals surface area contributed by atoms with Gasteiger partial charge in [-0.25, -0.2) is 9.97 Å². The third kappa shape index (κ3) is 2.62. The Hall–Kier alpha value is -1.62. The SMILES string of the molecule is CCCc1nc(C2COc3ccccc32)nc(NC)c1Br. The first-order valence-electron chi connectivity index (χ1n) is 7.20. The highest BCUT2D eigenvalue weighted by atomic mass is 79.9. The lowest BCUT2D eigenvalue weighted by molar-refractivity contribution is 0.339. The monoisotopic (exact) mass is 347 g/mol. The van der Waals surface area contributed by atoms with Crippen LogP contribution < -0.4 is 10.1 Å². The van der Waals surface area contributed by atoms with E-state index >= 15 is 0 Å². The first-order chi connectivity index (χ1) is 10.2. The normalized spacial score (nSPS) is 16.4. The van der Waals surface area contributed by atoms with Crippen LogP contribution in [-0.2, 0) is 6.42 Å². The highest BCUT2D eigenvalue weighted by Crippen LogP contribution is 2.37. The number of nitrogens with zero attached hydrogens (tertiary/aromatic N) is 2. The van der Waals surface area contributed by atoms with Gasteiger partial charge in [0, 0.05) is 12.6 Å². The molecule has 1 aromatic heterocycles. The summed E-state index contributed by atoms with van der Waals surface area (Å²) in [7, 11) is 1.88. The number of hydrogen-bond donors (Lipinski definition) is 1. The third-order valence-electron chi connectivity index (χ3n) is 3.67. The van der Waals surface area contributed by atoms with E-state index in [0.717, 1.165) is 40.4 Å². The maximum absolute atomic E-state index is 5.76. The molecular formula is C16H18BrN3O. The molecule has 1 unspecified atom stereocenters. The second-order valence-corrected chi connectivity index (χ2v) is 5.89. The maximum Gasteiger partial charge on any atom is 0.144 e. The molecule has 0 fully saturated rings. The Bertz CT molecular complexity index is 660. The van der Waals surface area contributed by atoms with Crippen molar-refractivity contribution in [1.82, 2.24) is 9.97 Å². The van der Waals surface area contributed by atoms with E-state index in [9.17, 15) is 0 Å². The average molecular weight is 348 g/mol. The summed E-state index contributed by atoms with van der Waals surface area (Å²) in [6, 6.07) is 8.12. The summed E-state index contributed by atoms with van der Waals surface area (Å²) < 4.78 is 6.72. The van der Waals surface area contributed by atoms with E-state index in [1.54, 1.807) is 0 Å². The number of benzene rings is 1. The summed E-state index contributed by atoms with van der Waals surface area (Å²) in [5.74, 6) is 2.72. The highest BCUT2D eigenvalue weighted by molar-refractivity contribution is 9.10. The minimum Gasteiger partial charge on any atom is -0.492 e. The molecule has 1 N–H and O–H groups in total. The van der Waals surface area contributed by atoms with Crippen LogP contribution in [0.2, 0.25) is 0 Å². The maximum atomic E-state index is 5.76. The Morgan fingerprint density at radius 1 is 1.33 bits per heavy atom. The van der Waals surface area contributed by atoms with Crippen LogP contribution in [-0.4, -0.2) is 23.6 Å². The van der Waals surface area contributed by atoms with Gasteiger partial charge in [0.15, 0.2) is 0 Å². The molecule has 5 heteroatoms. The van der Waals surface area contributed by atoms with E-state index in [-0.39, 0.29) is 5.92 Å². The molecule has 3 rings (SSSR count). The van der Waals surface area contributed by atoms with Gasteiger partial charge >= 0.3 is 0 Å². The van der Waals surface area contributed by atoms with Crippen molar-refractivity contribution in [3.8, 4) is 5.75 Å². The second-order valence-electron chi connectivity index (χ2n) is 5.09. The molecule has 0 saturated heterocycles. The largest absolute Gasteiger partial charge is 0.492 e. The van der Waals surface area contributed by atoms with Gasteiger partial charge in [-0.1, -0.05) is 31.5 Å². The summed E-state index contributed by atoms with van der Waals surface area (Å²) in [5.41, 5.74) is 2.22. The predicted octanol–water partition coefficient (Wildman–Crippen LogP) is 3.76. The van der Waals surface area contributed by atoms with Gasteiger partial charge in [0.2, 0.25) is 0 Å². The van der Waals surface area contributed by atoms with E-state index in [1.165, 1.54) is 5.56 Å². The van der Waals surface area contributed by atoms with Crippen molar-refractivity contribution in [2.24, 2.45) is 0 Å². The Labute approximate surface area is 133 Å². The fourth-order valence-corrected chi connectivity index (χ4v) is 3.19. The highest BCUT2D eigenvalue weighted by Gasteiger charge is 2.28. The van der Waals surface area contributed by atoms with Gasteiger partial charge < -0.3 is 10.1 Å². The number of aromatic nitrogens is 2. The first kappa shape index (κ1) is 14.3. The number of hydrogen-bond acceptors (Lipinski definition) is 4. The molecule has 1 aliphatic heterocycles. The molecule has 0 radical (unpaired) electrons. The summed E-state index contributed by atoms with van der Waals surface area (Å²) in [6.07, 6.45) is 1.98. The minimum atomic E-state index is 0.108. The molecule has 0 bridgehead atoms. The third-order valence-corrected chi connectivity index (χ3v) is 4.51. The quantitative estimate of drug-likeness (QED) is 0.914. The van der Waals surface area contributed by atoms with Crippen LogP contribution >= 0.6 is 15.9 Å². The number of ether oxygens (including phenoxy) is 1. The van der Waals surface area contributed by atoms with Gasteiger partial charge in [-0.3, -0.25) is 0 Å². The zero-order valence-corrected chi connectivity index (χ0v) is 13.8. The van der Waals surface area contributed by atoms with Gasteiger partial charge in [-0.05, 0) is 28.4 Å². The zero-order chi connectivity index (χ0) is 14.8. The van der Waals surface area contributed by atoms with Crippen LogP contribution in [0.25, 0.3) is 0 Å². The van der Waals surface area contributed by atoms with E-state index < -0.39 is 0 Å². The number of nitrogens with one attached hydrogen (secondary N) is 1. The van der Waals surface area contributed by atoms with Crippen LogP contribution in [0.1, 0.15) is 36.3 Å². The molecule has 4 nitrogen and oxygen atoms in total. The van der Waals surface area contributed by atoms with Crippen molar-refractivity contribution in [2.45, 2.75) is 25.7 Å². The molecule has 0 saturated carbocycles. The van der Waals surface area contributed by atoms with Crippen molar-refractivity contribution in [2.75, 3.05) is 19.0 Å². The Morgan fingerprint density at radius 2 is 2.14 bits per heavy atom. The Balaban J connectivity index is 2.05. The number of rotatable bonds is 4. The number of halogens is 1. The standard InChI is InChI=1S/C16H18BrN3O/c1-3-6-12-14(17)16(18-2)20-15(19-12)11-9-21-13-8-5-4-7-10(11)13/h4-5,7-8,11H,3,6,9H2,1-2H3,(H,18,19,20). The minimum absolute atomic E-state index is 0.108. The molecule has 110 valence electrons.